The van der Waals surface area contributed by atoms with Crippen LogP contribution in [0.15, 0.2) is 42.9 Å². The number of piperazine rings is 1. The van der Waals surface area contributed by atoms with Crippen LogP contribution in [0.5, 0.6) is 0 Å². The van der Waals surface area contributed by atoms with Crippen molar-refractivity contribution in [3.8, 4) is 0 Å². The van der Waals surface area contributed by atoms with Crippen LogP contribution in [0.25, 0.3) is 0 Å². The Balaban J connectivity index is 1.68. The van der Waals surface area contributed by atoms with Crippen molar-refractivity contribution >= 4 is 27.4 Å². The summed E-state index contributed by atoms with van der Waals surface area (Å²) in [6, 6.07) is 7.16. The van der Waals surface area contributed by atoms with E-state index in [1.807, 2.05) is 19.1 Å². The first-order valence-corrected chi connectivity index (χ1v) is 10.5. The van der Waals surface area contributed by atoms with Crippen molar-refractivity contribution in [2.24, 2.45) is 0 Å². The zero-order chi connectivity index (χ0) is 19.4. The summed E-state index contributed by atoms with van der Waals surface area (Å²) in [6.45, 7) is 3.93. The van der Waals surface area contributed by atoms with Crippen molar-refractivity contribution in [2.75, 3.05) is 48.2 Å². The number of aryl methyl sites for hydroxylation is 1. The maximum atomic E-state index is 12.8. The number of aromatic nitrogens is 2. The van der Waals surface area contributed by atoms with Crippen molar-refractivity contribution in [3.63, 3.8) is 0 Å². The molecule has 1 aromatic heterocycles. The Kier molecular flexibility index (Phi) is 5.59. The zero-order valence-corrected chi connectivity index (χ0v) is 16.3. The maximum Gasteiger partial charge on any atom is 0.243 e. The van der Waals surface area contributed by atoms with Crippen molar-refractivity contribution in [1.29, 1.82) is 0 Å². The number of nitrogens with zero attached hydrogens (tertiary/aromatic N) is 5. The second-order valence-corrected chi connectivity index (χ2v) is 8.39. The van der Waals surface area contributed by atoms with Crippen LogP contribution in [0.1, 0.15) is 5.56 Å². The summed E-state index contributed by atoms with van der Waals surface area (Å²) in [5.74, 6) is 0.574. The highest BCUT2D eigenvalue weighted by atomic mass is 32.2. The first-order chi connectivity index (χ1) is 12.9. The Hall–Kier alpha value is -2.68. The lowest BCUT2D eigenvalue weighted by molar-refractivity contribution is -0.129. The number of rotatable bonds is 5. The number of carbonyl (C=O) groups excluding carboxylic acids is 1. The summed E-state index contributed by atoms with van der Waals surface area (Å²) in [4.78, 5) is 24.9. The third kappa shape index (κ3) is 4.54. The van der Waals surface area contributed by atoms with E-state index in [2.05, 4.69) is 14.9 Å². The Labute approximate surface area is 159 Å². The van der Waals surface area contributed by atoms with Gasteiger partial charge in [-0.1, -0.05) is 18.2 Å². The highest BCUT2D eigenvalue weighted by molar-refractivity contribution is 7.92. The standard InChI is InChI=1S/C18H23N5O3S/c1-15-5-3-4-6-16(15)23(27(2,25)26)14-18(24)22-11-9-21(10-12-22)17-13-19-7-8-20-17/h3-8,13H,9-12,14H2,1-2H3. The summed E-state index contributed by atoms with van der Waals surface area (Å²) < 4.78 is 25.7. The average molecular weight is 389 g/mol. The number of para-hydroxylation sites is 1. The van der Waals surface area contributed by atoms with Gasteiger partial charge in [0.15, 0.2) is 0 Å². The van der Waals surface area contributed by atoms with Crippen LogP contribution in [0.2, 0.25) is 0 Å². The number of sulfonamides is 1. The second kappa shape index (κ2) is 7.91. The van der Waals surface area contributed by atoms with E-state index >= 15 is 0 Å². The first-order valence-electron chi connectivity index (χ1n) is 8.68. The topological polar surface area (TPSA) is 86.7 Å². The summed E-state index contributed by atoms with van der Waals surface area (Å²) in [7, 11) is -3.57. The number of hydrogen-bond donors (Lipinski definition) is 0. The molecule has 1 fully saturated rings. The molecule has 2 heterocycles. The highest BCUT2D eigenvalue weighted by Gasteiger charge is 2.27. The van der Waals surface area contributed by atoms with Crippen LogP contribution in [-0.2, 0) is 14.8 Å². The van der Waals surface area contributed by atoms with Crippen LogP contribution >= 0.6 is 0 Å². The molecule has 1 aromatic carbocycles. The fourth-order valence-electron chi connectivity index (χ4n) is 3.09. The number of benzene rings is 1. The zero-order valence-electron chi connectivity index (χ0n) is 15.4. The molecule has 0 spiro atoms. The van der Waals surface area contributed by atoms with Crippen molar-refractivity contribution in [3.05, 3.63) is 48.4 Å². The number of amides is 1. The molecule has 0 unspecified atom stereocenters. The van der Waals surface area contributed by atoms with E-state index in [4.69, 9.17) is 0 Å². The van der Waals surface area contributed by atoms with Crippen LogP contribution in [0.3, 0.4) is 0 Å². The largest absolute Gasteiger partial charge is 0.352 e. The van der Waals surface area contributed by atoms with Gasteiger partial charge in [-0.2, -0.15) is 0 Å². The smallest absolute Gasteiger partial charge is 0.243 e. The molecular formula is C18H23N5O3S. The van der Waals surface area contributed by atoms with Gasteiger partial charge in [0.05, 0.1) is 18.1 Å². The third-order valence-electron chi connectivity index (χ3n) is 4.57. The lowest BCUT2D eigenvalue weighted by Crippen LogP contribution is -2.52. The average Bonchev–Trinajstić information content (AvgIpc) is 2.66. The third-order valence-corrected chi connectivity index (χ3v) is 5.70. The van der Waals surface area contributed by atoms with Crippen molar-refractivity contribution < 1.29 is 13.2 Å². The SMILES string of the molecule is Cc1ccccc1N(CC(=O)N1CCN(c2cnccn2)CC1)S(C)(=O)=O. The van der Waals surface area contributed by atoms with Gasteiger partial charge in [-0.3, -0.25) is 14.1 Å². The summed E-state index contributed by atoms with van der Waals surface area (Å²) in [5, 5.41) is 0. The van der Waals surface area contributed by atoms with Gasteiger partial charge >= 0.3 is 0 Å². The van der Waals surface area contributed by atoms with Gasteiger partial charge in [0.1, 0.15) is 12.4 Å². The normalized spacial score (nSPS) is 14.9. The lowest BCUT2D eigenvalue weighted by Gasteiger charge is -2.36. The number of anilines is 2. The highest BCUT2D eigenvalue weighted by Crippen LogP contribution is 2.22. The number of hydrogen-bond acceptors (Lipinski definition) is 6. The Morgan fingerprint density at radius 1 is 1.15 bits per heavy atom. The quantitative estimate of drug-likeness (QED) is 0.755. The molecule has 0 saturated carbocycles. The molecule has 2 aromatic rings. The maximum absolute atomic E-state index is 12.8. The van der Waals surface area contributed by atoms with E-state index in [-0.39, 0.29) is 12.5 Å². The fraction of sp³-hybridized carbons (Fsp3) is 0.389. The van der Waals surface area contributed by atoms with E-state index < -0.39 is 10.0 Å². The Morgan fingerprint density at radius 3 is 2.44 bits per heavy atom. The molecule has 1 aliphatic rings. The predicted octanol–water partition coefficient (Wildman–Crippen LogP) is 0.900. The number of carbonyl (C=O) groups is 1. The van der Waals surface area contributed by atoms with Crippen molar-refractivity contribution in [1.82, 2.24) is 14.9 Å². The molecule has 0 aliphatic carbocycles. The first kappa shape index (κ1) is 19.1. The van der Waals surface area contributed by atoms with Crippen molar-refractivity contribution in [2.45, 2.75) is 6.92 Å². The van der Waals surface area contributed by atoms with E-state index in [0.717, 1.165) is 17.6 Å². The Morgan fingerprint density at radius 2 is 1.85 bits per heavy atom. The second-order valence-electron chi connectivity index (χ2n) is 6.49. The summed E-state index contributed by atoms with van der Waals surface area (Å²) in [6.07, 6.45) is 6.08. The van der Waals surface area contributed by atoms with Crippen LogP contribution in [0.4, 0.5) is 11.5 Å². The Bertz CT molecular complexity index is 896. The van der Waals surface area contributed by atoms with Crippen LogP contribution in [-0.4, -0.2) is 68.2 Å². The molecule has 27 heavy (non-hydrogen) atoms. The molecular weight excluding hydrogens is 366 g/mol. The fourth-order valence-corrected chi connectivity index (χ4v) is 3.99. The molecule has 8 nitrogen and oxygen atoms in total. The molecule has 144 valence electrons. The monoisotopic (exact) mass is 389 g/mol. The van der Waals surface area contributed by atoms with Gasteiger partial charge in [-0.15, -0.1) is 0 Å². The van der Waals surface area contributed by atoms with Crippen LogP contribution < -0.4 is 9.21 Å². The van der Waals surface area contributed by atoms with Crippen LogP contribution in [0, 0.1) is 6.92 Å². The van der Waals surface area contributed by atoms with Gasteiger partial charge in [0.2, 0.25) is 15.9 Å². The molecule has 1 aliphatic heterocycles. The molecule has 0 radical (unpaired) electrons. The minimum atomic E-state index is -3.57. The van der Waals surface area contributed by atoms with E-state index in [0.29, 0.717) is 31.9 Å². The molecule has 0 N–H and O–H groups in total. The molecule has 3 rings (SSSR count). The van der Waals surface area contributed by atoms with Gasteiger partial charge in [-0.25, -0.2) is 13.4 Å². The molecule has 9 heteroatoms. The van der Waals surface area contributed by atoms with Gasteiger partial charge in [0, 0.05) is 38.6 Å². The van der Waals surface area contributed by atoms with Gasteiger partial charge in [0.25, 0.3) is 0 Å². The van der Waals surface area contributed by atoms with Gasteiger partial charge < -0.3 is 9.80 Å². The van der Waals surface area contributed by atoms with Gasteiger partial charge in [-0.05, 0) is 18.6 Å². The van der Waals surface area contributed by atoms with E-state index in [1.54, 1.807) is 35.6 Å². The molecule has 1 saturated heterocycles. The minimum absolute atomic E-state index is 0.200. The molecule has 1 amide bonds. The van der Waals surface area contributed by atoms with E-state index in [1.165, 1.54) is 4.31 Å². The minimum Gasteiger partial charge on any atom is -0.352 e. The van der Waals surface area contributed by atoms with E-state index in [9.17, 15) is 13.2 Å². The molecule has 0 atom stereocenters. The predicted molar refractivity (Wildman–Crippen MR) is 104 cm³/mol. The lowest BCUT2D eigenvalue weighted by atomic mass is 10.2. The molecule has 0 bridgehead atoms. The summed E-state index contributed by atoms with van der Waals surface area (Å²) >= 11 is 0. The summed E-state index contributed by atoms with van der Waals surface area (Å²) in [5.41, 5.74) is 1.34.